The van der Waals surface area contributed by atoms with Crippen LogP contribution in [0.1, 0.15) is 22.5 Å². The van der Waals surface area contributed by atoms with Crippen molar-refractivity contribution in [3.63, 3.8) is 0 Å². The van der Waals surface area contributed by atoms with Gasteiger partial charge in [-0.05, 0) is 18.9 Å². The Morgan fingerprint density at radius 3 is 2.46 bits per heavy atom. The number of carbonyl (C=O) groups excluding carboxylic acids is 1. The molecule has 3 heterocycles. The van der Waals surface area contributed by atoms with Crippen LogP contribution in [0, 0.1) is 5.41 Å². The number of thiophene rings is 1. The minimum Gasteiger partial charge on any atom is -0.287 e. The first-order valence-electron chi connectivity index (χ1n) is 7.40. The van der Waals surface area contributed by atoms with Crippen molar-refractivity contribution in [1.29, 1.82) is 0 Å². The summed E-state index contributed by atoms with van der Waals surface area (Å²) in [6, 6.07) is 1.39. The van der Waals surface area contributed by atoms with E-state index in [0.717, 1.165) is 33.1 Å². The summed E-state index contributed by atoms with van der Waals surface area (Å²) >= 11 is 0.971. The Hall–Kier alpha value is -1.94. The first-order chi connectivity index (χ1) is 11.2. The molecule has 0 bridgehead atoms. The fourth-order valence-corrected chi connectivity index (χ4v) is 6.43. The van der Waals surface area contributed by atoms with E-state index in [2.05, 4.69) is 0 Å². The lowest BCUT2D eigenvalue weighted by molar-refractivity contribution is 0.0864. The van der Waals surface area contributed by atoms with Gasteiger partial charge in [-0.2, -0.15) is 0 Å². The van der Waals surface area contributed by atoms with Crippen molar-refractivity contribution in [2.75, 3.05) is 12.3 Å². The largest absolute Gasteiger partial charge is 0.331 e. The predicted molar refractivity (Wildman–Crippen MR) is 88.8 cm³/mol. The molecule has 2 aromatic heterocycles. The van der Waals surface area contributed by atoms with E-state index in [1.807, 2.05) is 0 Å². The minimum absolute atomic E-state index is 0.0108. The van der Waals surface area contributed by atoms with Gasteiger partial charge in [-0.3, -0.25) is 18.7 Å². The van der Waals surface area contributed by atoms with Crippen molar-refractivity contribution < 1.29 is 13.2 Å². The molecule has 8 nitrogen and oxygen atoms in total. The Bertz CT molecular complexity index is 1120. The number of rotatable bonds is 1. The van der Waals surface area contributed by atoms with Crippen molar-refractivity contribution in [1.82, 2.24) is 13.4 Å². The van der Waals surface area contributed by atoms with E-state index >= 15 is 0 Å². The first kappa shape index (κ1) is 15.6. The number of aromatic nitrogens is 2. The second-order valence-electron chi connectivity index (χ2n) is 6.60. The molecule has 4 rings (SSSR count). The molecule has 0 unspecified atom stereocenters. The lowest BCUT2D eigenvalue weighted by Crippen LogP contribution is -2.36. The van der Waals surface area contributed by atoms with Crippen LogP contribution in [-0.4, -0.2) is 40.1 Å². The minimum atomic E-state index is -3.62. The van der Waals surface area contributed by atoms with Gasteiger partial charge in [0.25, 0.3) is 11.5 Å². The molecule has 128 valence electrons. The van der Waals surface area contributed by atoms with E-state index in [0.29, 0.717) is 4.83 Å². The van der Waals surface area contributed by atoms with Crippen LogP contribution < -0.4 is 11.2 Å². The van der Waals surface area contributed by atoms with Crippen LogP contribution in [0.4, 0.5) is 0 Å². The molecule has 2 aliphatic rings. The molecule has 10 heteroatoms. The van der Waals surface area contributed by atoms with Crippen LogP contribution in [0.5, 0.6) is 0 Å². The van der Waals surface area contributed by atoms with E-state index in [1.54, 1.807) is 0 Å². The second kappa shape index (κ2) is 4.57. The van der Waals surface area contributed by atoms with Crippen molar-refractivity contribution in [2.24, 2.45) is 19.5 Å². The molecule has 1 amide bonds. The zero-order valence-corrected chi connectivity index (χ0v) is 14.7. The van der Waals surface area contributed by atoms with Crippen molar-refractivity contribution in [2.45, 2.75) is 12.8 Å². The molecule has 2 aromatic rings. The fraction of sp³-hybridized carbons (Fsp3) is 0.500. The average Bonchev–Trinajstić information content (AvgIpc) is 3.01. The number of sulfonamides is 1. The van der Waals surface area contributed by atoms with Gasteiger partial charge in [0, 0.05) is 26.1 Å². The number of hydrogen-bond donors (Lipinski definition) is 0. The van der Waals surface area contributed by atoms with Gasteiger partial charge in [0.1, 0.15) is 4.83 Å². The van der Waals surface area contributed by atoms with Gasteiger partial charge in [0.15, 0.2) is 0 Å². The Kier molecular flexibility index (Phi) is 2.97. The molecule has 2 fully saturated rings. The highest BCUT2D eigenvalue weighted by Crippen LogP contribution is 2.52. The summed E-state index contributed by atoms with van der Waals surface area (Å²) < 4.78 is 27.7. The molecule has 1 aliphatic carbocycles. The van der Waals surface area contributed by atoms with Crippen molar-refractivity contribution in [3.05, 3.63) is 31.8 Å². The molecule has 1 saturated carbocycles. The Morgan fingerprint density at radius 2 is 1.88 bits per heavy atom. The van der Waals surface area contributed by atoms with Gasteiger partial charge in [-0.15, -0.1) is 11.3 Å². The van der Waals surface area contributed by atoms with E-state index in [-0.39, 0.29) is 28.0 Å². The molecule has 1 saturated heterocycles. The Labute approximate surface area is 141 Å². The van der Waals surface area contributed by atoms with Crippen molar-refractivity contribution in [3.8, 4) is 0 Å². The predicted octanol–water partition coefficient (Wildman–Crippen LogP) is -0.135. The van der Waals surface area contributed by atoms with E-state index in [9.17, 15) is 22.8 Å². The topological polar surface area (TPSA) is 98.4 Å². The lowest BCUT2D eigenvalue weighted by Gasteiger charge is -2.13. The van der Waals surface area contributed by atoms with E-state index < -0.39 is 27.2 Å². The van der Waals surface area contributed by atoms with E-state index in [4.69, 9.17) is 0 Å². The molecule has 1 spiro atoms. The van der Waals surface area contributed by atoms with Crippen LogP contribution in [0.2, 0.25) is 0 Å². The number of aryl methyl sites for hydroxylation is 1. The highest BCUT2D eigenvalue weighted by atomic mass is 32.2. The third-order valence-electron chi connectivity index (χ3n) is 4.82. The monoisotopic (exact) mass is 369 g/mol. The average molecular weight is 369 g/mol. The van der Waals surface area contributed by atoms with Crippen LogP contribution in [0.15, 0.2) is 15.7 Å². The summed E-state index contributed by atoms with van der Waals surface area (Å²) in [7, 11) is -0.734. The summed E-state index contributed by atoms with van der Waals surface area (Å²) in [6.45, 7) is 0.208. The number of hydrogen-bond acceptors (Lipinski definition) is 6. The van der Waals surface area contributed by atoms with Gasteiger partial charge in [-0.25, -0.2) is 17.5 Å². The summed E-state index contributed by atoms with van der Waals surface area (Å²) in [5, 5.41) is 0.241. The molecule has 0 aromatic carbocycles. The van der Waals surface area contributed by atoms with Crippen LogP contribution in [-0.2, 0) is 24.1 Å². The maximum absolute atomic E-state index is 12.7. The summed E-state index contributed by atoms with van der Waals surface area (Å²) in [5.41, 5.74) is -1.25. The van der Waals surface area contributed by atoms with Gasteiger partial charge >= 0.3 is 5.69 Å². The molecule has 24 heavy (non-hydrogen) atoms. The standard InChI is InChI=1S/C14H15N3O5S2/c1-15-10(18)8-5-9(23-12(8)16(2)13(15)20)11(19)17-6-14(3-4-14)7-24(17,21)22/h5H,3-4,6-7H2,1-2H3. The van der Waals surface area contributed by atoms with Crippen LogP contribution in [0.3, 0.4) is 0 Å². The zero-order valence-electron chi connectivity index (χ0n) is 13.1. The highest BCUT2D eigenvalue weighted by molar-refractivity contribution is 7.90. The molecule has 0 N–H and O–H groups in total. The van der Waals surface area contributed by atoms with Gasteiger partial charge in [-0.1, -0.05) is 0 Å². The van der Waals surface area contributed by atoms with Gasteiger partial charge < -0.3 is 0 Å². The summed E-state index contributed by atoms with van der Waals surface area (Å²) in [4.78, 5) is 37.4. The number of fused-ring (bicyclic) bond motifs is 1. The highest BCUT2D eigenvalue weighted by Gasteiger charge is 2.56. The maximum atomic E-state index is 12.7. The SMILES string of the molecule is Cn1c(=O)c2cc(C(=O)N3CC4(CC4)CS3(=O)=O)sc2n(C)c1=O. The summed E-state index contributed by atoms with van der Waals surface area (Å²) in [5.74, 6) is -0.605. The molecule has 1 aliphatic heterocycles. The maximum Gasteiger partial charge on any atom is 0.331 e. The first-order valence-corrected chi connectivity index (χ1v) is 9.82. The Balaban J connectivity index is 1.84. The third kappa shape index (κ3) is 2.02. The fourth-order valence-electron chi connectivity index (χ4n) is 3.18. The normalized spacial score (nSPS) is 20.8. The lowest BCUT2D eigenvalue weighted by atomic mass is 10.1. The molecular formula is C14H15N3O5S2. The molecular weight excluding hydrogens is 354 g/mol. The number of nitrogens with zero attached hydrogens (tertiary/aromatic N) is 3. The Morgan fingerprint density at radius 1 is 1.21 bits per heavy atom. The van der Waals surface area contributed by atoms with Gasteiger partial charge in [0.2, 0.25) is 10.0 Å². The smallest absolute Gasteiger partial charge is 0.287 e. The quantitative estimate of drug-likeness (QED) is 0.697. The van der Waals surface area contributed by atoms with Crippen molar-refractivity contribution >= 4 is 37.5 Å². The zero-order chi connectivity index (χ0) is 17.4. The summed E-state index contributed by atoms with van der Waals surface area (Å²) in [6.07, 6.45) is 1.63. The van der Waals surface area contributed by atoms with Crippen LogP contribution in [0.25, 0.3) is 10.2 Å². The van der Waals surface area contributed by atoms with E-state index in [1.165, 1.54) is 24.7 Å². The molecule has 0 radical (unpaired) electrons. The van der Waals surface area contributed by atoms with Gasteiger partial charge in [0.05, 0.1) is 16.0 Å². The second-order valence-corrected chi connectivity index (χ2v) is 9.53. The van der Waals surface area contributed by atoms with Crippen LogP contribution >= 0.6 is 11.3 Å². The number of carbonyl (C=O) groups is 1. The molecule has 0 atom stereocenters. The number of amides is 1. The third-order valence-corrected chi connectivity index (χ3v) is 7.97.